The minimum atomic E-state index is -1.01. The van der Waals surface area contributed by atoms with E-state index in [0.717, 1.165) is 16.6 Å². The van der Waals surface area contributed by atoms with Gasteiger partial charge in [0.1, 0.15) is 22.5 Å². The predicted octanol–water partition coefficient (Wildman–Crippen LogP) is 2.30. The molecule has 0 aromatic carbocycles. The molecule has 1 saturated heterocycles. The van der Waals surface area contributed by atoms with Gasteiger partial charge in [-0.05, 0) is 12.5 Å². The van der Waals surface area contributed by atoms with E-state index >= 15 is 0 Å². The summed E-state index contributed by atoms with van der Waals surface area (Å²) in [4.78, 5) is 22.3. The fraction of sp³-hybridized carbons (Fsp3) is 0.500. The van der Waals surface area contributed by atoms with Gasteiger partial charge in [-0.2, -0.15) is 0 Å². The molecule has 2 aromatic heterocycles. The van der Waals surface area contributed by atoms with Crippen molar-refractivity contribution < 1.29 is 14.6 Å². The third-order valence-corrected chi connectivity index (χ3v) is 5.03. The average Bonchev–Trinajstić information content (AvgIpc) is 2.92. The molecule has 112 valence electrons. The molecule has 0 bridgehead atoms. The van der Waals surface area contributed by atoms with Gasteiger partial charge in [-0.3, -0.25) is 0 Å². The lowest BCUT2D eigenvalue weighted by Crippen LogP contribution is -2.50. The average molecular weight is 307 g/mol. The Labute approximate surface area is 126 Å². The van der Waals surface area contributed by atoms with Crippen LogP contribution in [0.25, 0.3) is 10.2 Å². The summed E-state index contributed by atoms with van der Waals surface area (Å²) in [5, 5.41) is 13.7. The van der Waals surface area contributed by atoms with Gasteiger partial charge in [-0.25, -0.2) is 14.8 Å². The number of nitrogens with zero attached hydrogens (tertiary/aromatic N) is 2. The van der Waals surface area contributed by atoms with Crippen molar-refractivity contribution in [3.63, 3.8) is 0 Å². The second-order valence-corrected chi connectivity index (χ2v) is 6.25. The van der Waals surface area contributed by atoms with E-state index < -0.39 is 11.5 Å². The van der Waals surface area contributed by atoms with Gasteiger partial charge in [0.25, 0.3) is 0 Å². The van der Waals surface area contributed by atoms with Crippen molar-refractivity contribution in [2.24, 2.45) is 0 Å². The number of aryl methyl sites for hydroxylation is 1. The fourth-order valence-electron chi connectivity index (χ4n) is 2.52. The van der Waals surface area contributed by atoms with E-state index in [1.165, 1.54) is 11.2 Å². The molecular formula is C14H17N3O3S. The third-order valence-electron chi connectivity index (χ3n) is 3.84. The van der Waals surface area contributed by atoms with Crippen LogP contribution in [0.4, 0.5) is 5.82 Å². The standard InChI is InChI=1S/C14H17N3O3S/c1-2-9-7-10-11(15-8-16-12(10)21-9)17-14(13(18)19)3-5-20-6-4-14/h7-8H,2-6H2,1H3,(H,18,19)(H,15,16,17). The summed E-state index contributed by atoms with van der Waals surface area (Å²) in [5.74, 6) is -0.260. The van der Waals surface area contributed by atoms with Crippen LogP contribution in [-0.4, -0.2) is 39.8 Å². The number of carboxylic acid groups (broad SMARTS) is 1. The Balaban J connectivity index is 1.99. The van der Waals surface area contributed by atoms with Crippen molar-refractivity contribution in [1.82, 2.24) is 9.97 Å². The molecule has 0 radical (unpaired) electrons. The Hall–Kier alpha value is -1.73. The summed E-state index contributed by atoms with van der Waals surface area (Å²) in [7, 11) is 0. The van der Waals surface area contributed by atoms with Gasteiger partial charge in [-0.15, -0.1) is 11.3 Å². The minimum absolute atomic E-state index is 0.429. The molecule has 6 nitrogen and oxygen atoms in total. The number of rotatable bonds is 4. The van der Waals surface area contributed by atoms with Gasteiger partial charge in [0.15, 0.2) is 0 Å². The molecule has 1 aliphatic heterocycles. The highest BCUT2D eigenvalue weighted by Gasteiger charge is 2.40. The number of carbonyl (C=O) groups is 1. The van der Waals surface area contributed by atoms with Crippen LogP contribution in [0.3, 0.4) is 0 Å². The number of carboxylic acids is 1. The second kappa shape index (κ2) is 5.57. The molecule has 0 unspecified atom stereocenters. The maximum absolute atomic E-state index is 11.7. The van der Waals surface area contributed by atoms with Crippen LogP contribution in [0.15, 0.2) is 12.4 Å². The van der Waals surface area contributed by atoms with Crippen molar-refractivity contribution in [2.75, 3.05) is 18.5 Å². The molecule has 21 heavy (non-hydrogen) atoms. The maximum Gasteiger partial charge on any atom is 0.329 e. The van der Waals surface area contributed by atoms with Crippen LogP contribution in [-0.2, 0) is 16.0 Å². The van der Waals surface area contributed by atoms with E-state index in [2.05, 4.69) is 22.2 Å². The van der Waals surface area contributed by atoms with E-state index in [-0.39, 0.29) is 0 Å². The van der Waals surface area contributed by atoms with Crippen molar-refractivity contribution in [2.45, 2.75) is 31.7 Å². The van der Waals surface area contributed by atoms with Crippen LogP contribution in [0.2, 0.25) is 0 Å². The Bertz CT molecular complexity index is 665. The van der Waals surface area contributed by atoms with Gasteiger partial charge in [0.2, 0.25) is 0 Å². The largest absolute Gasteiger partial charge is 0.480 e. The third kappa shape index (κ3) is 2.58. The zero-order valence-corrected chi connectivity index (χ0v) is 12.6. The van der Waals surface area contributed by atoms with E-state index in [1.807, 2.05) is 6.07 Å². The lowest BCUT2D eigenvalue weighted by atomic mass is 9.90. The number of nitrogens with one attached hydrogen (secondary N) is 1. The first-order chi connectivity index (χ1) is 10.1. The van der Waals surface area contributed by atoms with Gasteiger partial charge in [0.05, 0.1) is 5.39 Å². The maximum atomic E-state index is 11.7. The topological polar surface area (TPSA) is 84.3 Å². The molecule has 2 aromatic rings. The molecule has 0 aliphatic carbocycles. The summed E-state index contributed by atoms with van der Waals surface area (Å²) in [6.45, 7) is 2.97. The second-order valence-electron chi connectivity index (χ2n) is 5.13. The summed E-state index contributed by atoms with van der Waals surface area (Å²) in [5.41, 5.74) is -1.01. The predicted molar refractivity (Wildman–Crippen MR) is 80.8 cm³/mol. The molecule has 0 spiro atoms. The quantitative estimate of drug-likeness (QED) is 0.901. The van der Waals surface area contributed by atoms with E-state index in [1.54, 1.807) is 11.3 Å². The van der Waals surface area contributed by atoms with Crippen molar-refractivity contribution in [3.8, 4) is 0 Å². The van der Waals surface area contributed by atoms with Crippen LogP contribution in [0.1, 0.15) is 24.6 Å². The fourth-order valence-corrected chi connectivity index (χ4v) is 3.45. The zero-order chi connectivity index (χ0) is 14.9. The monoisotopic (exact) mass is 307 g/mol. The Morgan fingerprint density at radius 3 is 2.90 bits per heavy atom. The molecule has 0 saturated carbocycles. The van der Waals surface area contributed by atoms with E-state index in [4.69, 9.17) is 4.74 Å². The Morgan fingerprint density at radius 1 is 1.48 bits per heavy atom. The molecule has 1 fully saturated rings. The van der Waals surface area contributed by atoms with Crippen LogP contribution in [0.5, 0.6) is 0 Å². The summed E-state index contributed by atoms with van der Waals surface area (Å²) >= 11 is 1.62. The highest BCUT2D eigenvalue weighted by Crippen LogP contribution is 2.32. The first-order valence-electron chi connectivity index (χ1n) is 6.97. The van der Waals surface area contributed by atoms with Gasteiger partial charge in [-0.1, -0.05) is 6.92 Å². The van der Waals surface area contributed by atoms with E-state index in [0.29, 0.717) is 31.9 Å². The lowest BCUT2D eigenvalue weighted by molar-refractivity contribution is -0.145. The molecule has 1 aliphatic rings. The first kappa shape index (κ1) is 14.2. The van der Waals surface area contributed by atoms with Gasteiger partial charge in [0, 0.05) is 30.9 Å². The molecule has 0 atom stereocenters. The number of fused-ring (bicyclic) bond motifs is 1. The molecule has 2 N–H and O–H groups in total. The minimum Gasteiger partial charge on any atom is -0.480 e. The van der Waals surface area contributed by atoms with Gasteiger partial charge < -0.3 is 15.2 Å². The normalized spacial score (nSPS) is 17.8. The number of anilines is 1. The summed E-state index contributed by atoms with van der Waals surface area (Å²) in [6.07, 6.45) is 3.27. The summed E-state index contributed by atoms with van der Waals surface area (Å²) in [6, 6.07) is 2.04. The van der Waals surface area contributed by atoms with E-state index in [9.17, 15) is 9.90 Å². The van der Waals surface area contributed by atoms with Crippen molar-refractivity contribution >= 4 is 33.3 Å². The van der Waals surface area contributed by atoms with Gasteiger partial charge >= 0.3 is 5.97 Å². The van der Waals surface area contributed by atoms with Crippen LogP contribution >= 0.6 is 11.3 Å². The molecule has 0 amide bonds. The highest BCUT2D eigenvalue weighted by molar-refractivity contribution is 7.18. The SMILES string of the molecule is CCc1cc2c(NC3(C(=O)O)CCOCC3)ncnc2s1. The highest BCUT2D eigenvalue weighted by atomic mass is 32.1. The smallest absolute Gasteiger partial charge is 0.329 e. The molecule has 3 heterocycles. The molecular weight excluding hydrogens is 290 g/mol. The summed E-state index contributed by atoms with van der Waals surface area (Å²) < 4.78 is 5.29. The van der Waals surface area contributed by atoms with Crippen LogP contribution in [0, 0.1) is 0 Å². The number of thiophene rings is 1. The van der Waals surface area contributed by atoms with Crippen LogP contribution < -0.4 is 5.32 Å². The van der Waals surface area contributed by atoms with Crippen molar-refractivity contribution in [3.05, 3.63) is 17.3 Å². The Morgan fingerprint density at radius 2 is 2.24 bits per heavy atom. The Kier molecular flexibility index (Phi) is 3.77. The number of hydrogen-bond acceptors (Lipinski definition) is 6. The first-order valence-corrected chi connectivity index (χ1v) is 7.79. The lowest BCUT2D eigenvalue weighted by Gasteiger charge is -2.34. The molecule has 7 heteroatoms. The molecule has 3 rings (SSSR count). The van der Waals surface area contributed by atoms with Crippen molar-refractivity contribution in [1.29, 1.82) is 0 Å². The number of hydrogen-bond donors (Lipinski definition) is 2. The zero-order valence-electron chi connectivity index (χ0n) is 11.8. The number of aromatic nitrogens is 2. The number of ether oxygens (including phenoxy) is 1. The number of aliphatic carboxylic acids is 1.